The summed E-state index contributed by atoms with van der Waals surface area (Å²) in [5, 5.41) is 5.89. The molecule has 0 bridgehead atoms. The average Bonchev–Trinajstić information content (AvgIpc) is 2.47. The molecule has 0 spiro atoms. The van der Waals surface area contributed by atoms with E-state index in [-0.39, 0.29) is 5.75 Å². The van der Waals surface area contributed by atoms with Crippen LogP contribution in [0.2, 0.25) is 0 Å². The number of rotatable bonds is 6. The molecule has 8 heteroatoms. The number of nitrogens with zero attached hydrogens (tertiary/aromatic N) is 3. The Bertz CT molecular complexity index is 744. The van der Waals surface area contributed by atoms with E-state index in [1.165, 1.54) is 0 Å². The predicted octanol–water partition coefficient (Wildman–Crippen LogP) is 2.15. The lowest BCUT2D eigenvalue weighted by Gasteiger charge is -2.08. The molecule has 0 aliphatic rings. The van der Waals surface area contributed by atoms with E-state index in [9.17, 15) is 8.42 Å². The van der Waals surface area contributed by atoms with Gasteiger partial charge in [0.2, 0.25) is 11.9 Å². The molecule has 0 amide bonds. The minimum atomic E-state index is -3.20. The summed E-state index contributed by atoms with van der Waals surface area (Å²) in [6.45, 7) is 3.62. The number of aromatic nitrogens is 3. The summed E-state index contributed by atoms with van der Waals surface area (Å²) in [5.74, 6) is 1.61. The lowest BCUT2D eigenvalue weighted by atomic mass is 10.3. The SMILES string of the molecule is CCCS(=O)(=O)c1ccc(Nc2nc(C)nc(NC)n2)cc1. The van der Waals surface area contributed by atoms with Crippen LogP contribution < -0.4 is 10.6 Å². The molecular weight excluding hydrogens is 302 g/mol. The highest BCUT2D eigenvalue weighted by Gasteiger charge is 2.12. The molecule has 7 nitrogen and oxygen atoms in total. The van der Waals surface area contributed by atoms with Crippen LogP contribution in [-0.4, -0.2) is 36.2 Å². The van der Waals surface area contributed by atoms with E-state index in [4.69, 9.17) is 0 Å². The Morgan fingerprint density at radius 2 is 1.68 bits per heavy atom. The van der Waals surface area contributed by atoms with E-state index in [0.717, 1.165) is 0 Å². The average molecular weight is 321 g/mol. The molecule has 2 N–H and O–H groups in total. The Hall–Kier alpha value is -2.22. The van der Waals surface area contributed by atoms with Gasteiger partial charge in [0.15, 0.2) is 9.84 Å². The van der Waals surface area contributed by atoms with Crippen LogP contribution in [-0.2, 0) is 9.84 Å². The van der Waals surface area contributed by atoms with Gasteiger partial charge in [0, 0.05) is 12.7 Å². The predicted molar refractivity (Wildman–Crippen MR) is 86.2 cm³/mol. The van der Waals surface area contributed by atoms with Gasteiger partial charge in [-0.15, -0.1) is 0 Å². The van der Waals surface area contributed by atoms with Crippen molar-refractivity contribution < 1.29 is 8.42 Å². The molecule has 2 aromatic rings. The van der Waals surface area contributed by atoms with E-state index in [1.54, 1.807) is 38.2 Å². The van der Waals surface area contributed by atoms with Gasteiger partial charge in [-0.3, -0.25) is 0 Å². The third kappa shape index (κ3) is 3.91. The highest BCUT2D eigenvalue weighted by molar-refractivity contribution is 7.91. The summed E-state index contributed by atoms with van der Waals surface area (Å²) in [6.07, 6.45) is 0.596. The molecule has 0 aliphatic heterocycles. The second kappa shape index (κ2) is 6.69. The molecule has 0 saturated carbocycles. The first-order valence-corrected chi connectivity index (χ1v) is 8.60. The maximum absolute atomic E-state index is 12.0. The maximum atomic E-state index is 12.0. The van der Waals surface area contributed by atoms with Gasteiger partial charge < -0.3 is 10.6 Å². The van der Waals surface area contributed by atoms with E-state index in [2.05, 4.69) is 25.6 Å². The molecular formula is C14H19N5O2S. The first-order chi connectivity index (χ1) is 10.4. The van der Waals surface area contributed by atoms with E-state index in [0.29, 0.717) is 34.7 Å². The molecule has 1 aromatic carbocycles. The smallest absolute Gasteiger partial charge is 0.232 e. The summed E-state index contributed by atoms with van der Waals surface area (Å²) < 4.78 is 23.9. The molecule has 0 radical (unpaired) electrons. The Balaban J connectivity index is 2.20. The fourth-order valence-electron chi connectivity index (χ4n) is 1.91. The first-order valence-electron chi connectivity index (χ1n) is 6.95. The van der Waals surface area contributed by atoms with E-state index < -0.39 is 9.84 Å². The second-order valence-corrected chi connectivity index (χ2v) is 6.86. The van der Waals surface area contributed by atoms with Crippen LogP contribution in [0.3, 0.4) is 0 Å². The van der Waals surface area contributed by atoms with Crippen LogP contribution >= 0.6 is 0 Å². The van der Waals surface area contributed by atoms with E-state index in [1.807, 2.05) is 6.92 Å². The fraction of sp³-hybridized carbons (Fsp3) is 0.357. The van der Waals surface area contributed by atoms with Gasteiger partial charge >= 0.3 is 0 Å². The monoisotopic (exact) mass is 321 g/mol. The van der Waals surface area contributed by atoms with Crippen LogP contribution in [0.25, 0.3) is 0 Å². The van der Waals surface area contributed by atoms with Gasteiger partial charge in [0.1, 0.15) is 5.82 Å². The topological polar surface area (TPSA) is 96.9 Å². The van der Waals surface area contributed by atoms with Crippen LogP contribution in [0.1, 0.15) is 19.2 Å². The standard InChI is InChI=1S/C14H19N5O2S/c1-4-9-22(20,21)12-7-5-11(6-8-12)18-14-17-10(2)16-13(15-3)19-14/h5-8H,4,9H2,1-3H3,(H2,15,16,17,18,19). The molecule has 118 valence electrons. The zero-order chi connectivity index (χ0) is 16.2. The molecule has 0 unspecified atom stereocenters. The number of aryl methyl sites for hydroxylation is 1. The van der Waals surface area contributed by atoms with Gasteiger partial charge in [0.05, 0.1) is 10.6 Å². The van der Waals surface area contributed by atoms with Crippen molar-refractivity contribution in [2.75, 3.05) is 23.4 Å². The summed E-state index contributed by atoms with van der Waals surface area (Å²) in [7, 11) is -1.47. The van der Waals surface area contributed by atoms with Crippen molar-refractivity contribution in [3.63, 3.8) is 0 Å². The lowest BCUT2D eigenvalue weighted by Crippen LogP contribution is -2.07. The zero-order valence-corrected chi connectivity index (χ0v) is 13.6. The minimum Gasteiger partial charge on any atom is -0.357 e. The van der Waals surface area contributed by atoms with Crippen LogP contribution in [0.15, 0.2) is 29.2 Å². The number of hydrogen-bond acceptors (Lipinski definition) is 7. The molecule has 22 heavy (non-hydrogen) atoms. The number of nitrogens with one attached hydrogen (secondary N) is 2. The Kier molecular flexibility index (Phi) is 4.92. The number of sulfone groups is 1. The summed E-state index contributed by atoms with van der Waals surface area (Å²) in [5.41, 5.74) is 0.711. The summed E-state index contributed by atoms with van der Waals surface area (Å²) in [4.78, 5) is 12.8. The highest BCUT2D eigenvalue weighted by Crippen LogP contribution is 2.18. The van der Waals surface area contributed by atoms with Gasteiger partial charge in [-0.2, -0.15) is 15.0 Å². The molecule has 0 fully saturated rings. The van der Waals surface area contributed by atoms with Crippen LogP contribution in [0.5, 0.6) is 0 Å². The molecule has 2 rings (SSSR count). The van der Waals surface area contributed by atoms with Crippen molar-refractivity contribution in [1.82, 2.24) is 15.0 Å². The third-order valence-electron chi connectivity index (χ3n) is 2.91. The van der Waals surface area contributed by atoms with Gasteiger partial charge in [-0.25, -0.2) is 8.42 Å². The van der Waals surface area contributed by atoms with Crippen LogP contribution in [0.4, 0.5) is 17.6 Å². The molecule has 0 saturated heterocycles. The van der Waals surface area contributed by atoms with Crippen molar-refractivity contribution >= 4 is 27.4 Å². The summed E-state index contributed by atoms with van der Waals surface area (Å²) >= 11 is 0. The van der Waals surface area contributed by atoms with Crippen molar-refractivity contribution in [1.29, 1.82) is 0 Å². The quantitative estimate of drug-likeness (QED) is 0.841. The fourth-order valence-corrected chi connectivity index (χ4v) is 3.23. The van der Waals surface area contributed by atoms with Crippen LogP contribution in [0, 0.1) is 6.92 Å². The Morgan fingerprint density at radius 3 is 2.27 bits per heavy atom. The molecule has 0 aliphatic carbocycles. The van der Waals surface area contributed by atoms with Gasteiger partial charge in [-0.1, -0.05) is 6.92 Å². The third-order valence-corrected chi connectivity index (χ3v) is 4.85. The first kappa shape index (κ1) is 16.2. The van der Waals surface area contributed by atoms with Gasteiger partial charge in [-0.05, 0) is 37.6 Å². The second-order valence-electron chi connectivity index (χ2n) is 4.75. The van der Waals surface area contributed by atoms with Crippen molar-refractivity contribution in [3.8, 4) is 0 Å². The normalized spacial score (nSPS) is 11.2. The van der Waals surface area contributed by atoms with Gasteiger partial charge in [0.25, 0.3) is 0 Å². The molecule has 0 atom stereocenters. The van der Waals surface area contributed by atoms with Crippen molar-refractivity contribution in [2.45, 2.75) is 25.2 Å². The number of anilines is 3. The maximum Gasteiger partial charge on any atom is 0.232 e. The zero-order valence-electron chi connectivity index (χ0n) is 12.8. The summed E-state index contributed by atoms with van der Waals surface area (Å²) in [6, 6.07) is 6.56. The number of hydrogen-bond donors (Lipinski definition) is 2. The largest absolute Gasteiger partial charge is 0.357 e. The minimum absolute atomic E-state index is 0.151. The Morgan fingerprint density at radius 1 is 1.05 bits per heavy atom. The van der Waals surface area contributed by atoms with Crippen molar-refractivity contribution in [3.05, 3.63) is 30.1 Å². The molecule has 1 heterocycles. The molecule has 1 aromatic heterocycles. The van der Waals surface area contributed by atoms with E-state index >= 15 is 0 Å². The lowest BCUT2D eigenvalue weighted by molar-refractivity contribution is 0.595. The highest BCUT2D eigenvalue weighted by atomic mass is 32.2. The number of benzene rings is 1. The Labute approximate surface area is 130 Å². The van der Waals surface area contributed by atoms with Crippen molar-refractivity contribution in [2.24, 2.45) is 0 Å².